The van der Waals surface area contributed by atoms with Gasteiger partial charge in [0.05, 0.1) is 5.69 Å². The number of methoxy groups -OCH3 is 1. The van der Waals surface area contributed by atoms with Gasteiger partial charge in [0.15, 0.2) is 6.10 Å². The third-order valence-corrected chi connectivity index (χ3v) is 2.73. The zero-order valence-electron chi connectivity index (χ0n) is 9.97. The number of nitrogens with two attached hydrogens (primary N) is 1. The smallest absolute Gasteiger partial charge is 0.269 e. The van der Waals surface area contributed by atoms with Gasteiger partial charge in [-0.25, -0.2) is 0 Å². The van der Waals surface area contributed by atoms with Crippen LogP contribution in [-0.2, 0) is 16.1 Å². The lowest BCUT2D eigenvalue weighted by Gasteiger charge is -2.32. The maximum Gasteiger partial charge on any atom is 0.269 e. The van der Waals surface area contributed by atoms with Gasteiger partial charge in [-0.15, -0.1) is 0 Å². The first-order valence-corrected chi connectivity index (χ1v) is 5.47. The highest BCUT2D eigenvalue weighted by molar-refractivity contribution is 5.99. The van der Waals surface area contributed by atoms with E-state index in [2.05, 4.69) is 0 Å². The number of carbonyl (C=O) groups is 1. The SMILES string of the molecule is COCN1C(=O)C(C)Oc2cc(CN)ccc21. The van der Waals surface area contributed by atoms with Crippen LogP contribution in [0.5, 0.6) is 5.75 Å². The first-order valence-electron chi connectivity index (χ1n) is 5.47. The van der Waals surface area contributed by atoms with Crippen molar-refractivity contribution >= 4 is 11.6 Å². The molecule has 1 aromatic rings. The van der Waals surface area contributed by atoms with Crippen molar-refractivity contribution in [3.63, 3.8) is 0 Å². The Bertz CT molecular complexity index is 434. The zero-order valence-corrected chi connectivity index (χ0v) is 9.97. The molecular weight excluding hydrogens is 220 g/mol. The van der Waals surface area contributed by atoms with Gasteiger partial charge in [0, 0.05) is 13.7 Å². The highest BCUT2D eigenvalue weighted by atomic mass is 16.5. The van der Waals surface area contributed by atoms with Gasteiger partial charge in [-0.3, -0.25) is 9.69 Å². The molecule has 0 aromatic heterocycles. The number of rotatable bonds is 3. The predicted octanol–water partition coefficient (Wildman–Crippen LogP) is 0.863. The molecule has 1 atom stereocenters. The molecule has 5 nitrogen and oxygen atoms in total. The largest absolute Gasteiger partial charge is 0.479 e. The Hall–Kier alpha value is -1.59. The molecule has 2 rings (SSSR count). The minimum atomic E-state index is -0.495. The molecule has 0 spiro atoms. The number of benzene rings is 1. The molecule has 0 saturated carbocycles. The second kappa shape index (κ2) is 4.73. The van der Waals surface area contributed by atoms with Gasteiger partial charge in [-0.05, 0) is 24.6 Å². The van der Waals surface area contributed by atoms with E-state index in [0.717, 1.165) is 11.3 Å². The topological polar surface area (TPSA) is 64.8 Å². The normalized spacial score (nSPS) is 18.9. The average Bonchev–Trinajstić information content (AvgIpc) is 2.34. The average molecular weight is 236 g/mol. The summed E-state index contributed by atoms with van der Waals surface area (Å²) in [5.41, 5.74) is 7.28. The third-order valence-electron chi connectivity index (χ3n) is 2.73. The Morgan fingerprint density at radius 3 is 2.94 bits per heavy atom. The van der Waals surface area contributed by atoms with Gasteiger partial charge in [0.1, 0.15) is 12.5 Å². The molecular formula is C12H16N2O3. The Morgan fingerprint density at radius 2 is 2.29 bits per heavy atom. The first-order chi connectivity index (χ1) is 8.17. The van der Waals surface area contributed by atoms with Crippen molar-refractivity contribution in [2.75, 3.05) is 18.7 Å². The van der Waals surface area contributed by atoms with Crippen LogP contribution in [0.25, 0.3) is 0 Å². The van der Waals surface area contributed by atoms with Crippen molar-refractivity contribution in [3.05, 3.63) is 23.8 Å². The first kappa shape index (κ1) is 11.9. The van der Waals surface area contributed by atoms with Crippen LogP contribution in [0.1, 0.15) is 12.5 Å². The quantitative estimate of drug-likeness (QED) is 0.845. The molecule has 92 valence electrons. The van der Waals surface area contributed by atoms with E-state index in [-0.39, 0.29) is 12.6 Å². The predicted molar refractivity (Wildman–Crippen MR) is 63.8 cm³/mol. The fourth-order valence-electron chi connectivity index (χ4n) is 1.84. The van der Waals surface area contributed by atoms with Crippen LogP contribution < -0.4 is 15.4 Å². The van der Waals surface area contributed by atoms with Gasteiger partial charge in [0.25, 0.3) is 5.91 Å². The molecule has 5 heteroatoms. The van der Waals surface area contributed by atoms with E-state index in [9.17, 15) is 4.79 Å². The molecule has 1 aromatic carbocycles. The molecule has 0 bridgehead atoms. The van der Waals surface area contributed by atoms with Crippen LogP contribution in [-0.4, -0.2) is 25.9 Å². The molecule has 0 radical (unpaired) electrons. The molecule has 1 aliphatic heterocycles. The lowest BCUT2D eigenvalue weighted by molar-refractivity contribution is -0.126. The van der Waals surface area contributed by atoms with Crippen LogP contribution in [0.4, 0.5) is 5.69 Å². The van der Waals surface area contributed by atoms with Gasteiger partial charge in [-0.2, -0.15) is 0 Å². The number of hydrogen-bond acceptors (Lipinski definition) is 4. The fourth-order valence-corrected chi connectivity index (χ4v) is 1.84. The summed E-state index contributed by atoms with van der Waals surface area (Å²) in [5.74, 6) is 0.581. The maximum absolute atomic E-state index is 11.9. The van der Waals surface area contributed by atoms with Crippen molar-refractivity contribution in [2.45, 2.75) is 19.6 Å². The summed E-state index contributed by atoms with van der Waals surface area (Å²) < 4.78 is 10.6. The van der Waals surface area contributed by atoms with E-state index in [0.29, 0.717) is 12.3 Å². The molecule has 0 fully saturated rings. The second-order valence-electron chi connectivity index (χ2n) is 3.95. The van der Waals surface area contributed by atoms with E-state index in [1.165, 1.54) is 0 Å². The summed E-state index contributed by atoms with van der Waals surface area (Å²) in [6.45, 7) is 2.40. The Labute approximate surface area is 100 Å². The summed E-state index contributed by atoms with van der Waals surface area (Å²) in [4.78, 5) is 13.5. The number of hydrogen-bond donors (Lipinski definition) is 1. The number of amides is 1. The van der Waals surface area contributed by atoms with Gasteiger partial charge < -0.3 is 15.2 Å². The van der Waals surface area contributed by atoms with E-state index < -0.39 is 6.10 Å². The summed E-state index contributed by atoms with van der Waals surface area (Å²) in [7, 11) is 1.56. The summed E-state index contributed by atoms with van der Waals surface area (Å²) in [5, 5.41) is 0. The molecule has 1 unspecified atom stereocenters. The third kappa shape index (κ3) is 2.11. The number of carbonyl (C=O) groups excluding carboxylic acids is 1. The lowest BCUT2D eigenvalue weighted by Crippen LogP contribution is -2.45. The summed E-state index contributed by atoms with van der Waals surface area (Å²) in [6, 6.07) is 5.58. The van der Waals surface area contributed by atoms with Crippen molar-refractivity contribution in [1.29, 1.82) is 0 Å². The second-order valence-corrected chi connectivity index (χ2v) is 3.95. The standard InChI is InChI=1S/C12H16N2O3/c1-8-12(15)14(7-16-2)10-4-3-9(6-13)5-11(10)17-8/h3-5,8H,6-7,13H2,1-2H3. The van der Waals surface area contributed by atoms with E-state index in [4.69, 9.17) is 15.2 Å². The molecule has 1 amide bonds. The van der Waals surface area contributed by atoms with Gasteiger partial charge in [0.2, 0.25) is 0 Å². The zero-order chi connectivity index (χ0) is 12.4. The minimum Gasteiger partial charge on any atom is -0.479 e. The van der Waals surface area contributed by atoms with E-state index in [1.54, 1.807) is 18.9 Å². The van der Waals surface area contributed by atoms with Crippen LogP contribution in [0.15, 0.2) is 18.2 Å². The highest BCUT2D eigenvalue weighted by Crippen LogP contribution is 2.34. The fraction of sp³-hybridized carbons (Fsp3) is 0.417. The molecule has 2 N–H and O–H groups in total. The van der Waals surface area contributed by atoms with Crippen molar-refractivity contribution in [2.24, 2.45) is 5.73 Å². The van der Waals surface area contributed by atoms with Crippen LogP contribution in [0, 0.1) is 0 Å². The number of ether oxygens (including phenoxy) is 2. The summed E-state index contributed by atoms with van der Waals surface area (Å²) >= 11 is 0. The molecule has 0 aliphatic carbocycles. The van der Waals surface area contributed by atoms with Gasteiger partial charge >= 0.3 is 0 Å². The molecule has 1 aliphatic rings. The summed E-state index contributed by atoms with van der Waals surface area (Å²) in [6.07, 6.45) is -0.495. The van der Waals surface area contributed by atoms with Crippen molar-refractivity contribution < 1.29 is 14.3 Å². The van der Waals surface area contributed by atoms with Crippen molar-refractivity contribution in [1.82, 2.24) is 0 Å². The highest BCUT2D eigenvalue weighted by Gasteiger charge is 2.31. The van der Waals surface area contributed by atoms with E-state index >= 15 is 0 Å². The van der Waals surface area contributed by atoms with Crippen LogP contribution in [0.3, 0.4) is 0 Å². The molecule has 1 heterocycles. The maximum atomic E-state index is 11.9. The van der Waals surface area contributed by atoms with Gasteiger partial charge in [-0.1, -0.05) is 6.07 Å². The van der Waals surface area contributed by atoms with Crippen LogP contribution in [0.2, 0.25) is 0 Å². The number of anilines is 1. The Balaban J connectivity index is 2.41. The van der Waals surface area contributed by atoms with Crippen molar-refractivity contribution in [3.8, 4) is 5.75 Å². The molecule has 17 heavy (non-hydrogen) atoms. The molecule has 0 saturated heterocycles. The van der Waals surface area contributed by atoms with Crippen LogP contribution >= 0.6 is 0 Å². The lowest BCUT2D eigenvalue weighted by atomic mass is 10.1. The number of nitrogens with zero attached hydrogens (tertiary/aromatic N) is 1. The van der Waals surface area contributed by atoms with E-state index in [1.807, 2.05) is 18.2 Å². The Kier molecular flexibility index (Phi) is 3.31. The number of fused-ring (bicyclic) bond motifs is 1. The minimum absolute atomic E-state index is 0.0974. The Morgan fingerprint density at radius 1 is 1.53 bits per heavy atom. The monoisotopic (exact) mass is 236 g/mol.